The fourth-order valence-corrected chi connectivity index (χ4v) is 3.18. The average molecular weight is 325 g/mol. The van der Waals surface area contributed by atoms with Gasteiger partial charge in [-0.25, -0.2) is 0 Å². The molecule has 0 bridgehead atoms. The molecule has 0 rings (SSSR count). The van der Waals surface area contributed by atoms with Gasteiger partial charge in [0.05, 0.1) is 0 Å². The summed E-state index contributed by atoms with van der Waals surface area (Å²) in [6, 6.07) is 0.694. The maximum Gasteiger partial charge on any atom is 0.0124 e. The van der Waals surface area contributed by atoms with Gasteiger partial charge in [-0.2, -0.15) is 0 Å². The van der Waals surface area contributed by atoms with Crippen molar-refractivity contribution in [1.29, 1.82) is 0 Å². The van der Waals surface area contributed by atoms with Crippen LogP contribution in [0.4, 0.5) is 0 Å². The van der Waals surface area contributed by atoms with Gasteiger partial charge in [-0.1, -0.05) is 70.3 Å². The molecular formula is C21H44N2. The highest BCUT2D eigenvalue weighted by Gasteiger charge is 2.08. The molecule has 0 aliphatic rings. The van der Waals surface area contributed by atoms with E-state index >= 15 is 0 Å². The minimum absolute atomic E-state index is 0.694. The van der Waals surface area contributed by atoms with E-state index in [0.717, 1.165) is 6.42 Å². The van der Waals surface area contributed by atoms with Crippen LogP contribution in [-0.4, -0.2) is 50.6 Å². The van der Waals surface area contributed by atoms with Crippen molar-refractivity contribution in [2.75, 3.05) is 34.7 Å². The molecule has 0 aromatic heterocycles. The van der Waals surface area contributed by atoms with Crippen LogP contribution in [0.3, 0.4) is 0 Å². The first kappa shape index (κ1) is 22.7. The summed E-state index contributed by atoms with van der Waals surface area (Å²) >= 11 is 0. The molecule has 0 spiro atoms. The summed E-state index contributed by atoms with van der Waals surface area (Å²) in [4.78, 5) is 4.64. The first-order valence-electron chi connectivity index (χ1n) is 10.00. The second-order valence-electron chi connectivity index (χ2n) is 7.62. The highest BCUT2D eigenvalue weighted by molar-refractivity contribution is 4.77. The fourth-order valence-electron chi connectivity index (χ4n) is 3.18. The Morgan fingerprint density at radius 1 is 0.696 bits per heavy atom. The van der Waals surface area contributed by atoms with Crippen molar-refractivity contribution in [1.82, 2.24) is 9.80 Å². The molecule has 1 atom stereocenters. The predicted molar refractivity (Wildman–Crippen MR) is 106 cm³/mol. The topological polar surface area (TPSA) is 6.48 Å². The monoisotopic (exact) mass is 324 g/mol. The van der Waals surface area contributed by atoms with Crippen LogP contribution in [-0.2, 0) is 0 Å². The Balaban J connectivity index is 3.23. The van der Waals surface area contributed by atoms with E-state index in [1.165, 1.54) is 83.6 Å². The predicted octanol–water partition coefficient (Wildman–Crippen LogP) is 5.74. The summed E-state index contributed by atoms with van der Waals surface area (Å²) < 4.78 is 0. The molecule has 0 saturated heterocycles. The van der Waals surface area contributed by atoms with Crippen molar-refractivity contribution in [3.63, 3.8) is 0 Å². The molecule has 0 N–H and O–H groups in total. The molecule has 0 aromatic carbocycles. The molecule has 0 saturated carbocycles. The maximum absolute atomic E-state index is 3.87. The Hall–Kier alpha value is -0.340. The molecule has 0 radical (unpaired) electrons. The van der Waals surface area contributed by atoms with Gasteiger partial charge in [0.25, 0.3) is 0 Å². The fraction of sp³-hybridized carbons (Fsp3) is 0.905. The van der Waals surface area contributed by atoms with Gasteiger partial charge in [-0.05, 0) is 54.0 Å². The second-order valence-corrected chi connectivity index (χ2v) is 7.62. The van der Waals surface area contributed by atoms with Crippen LogP contribution in [0, 0.1) is 0 Å². The summed E-state index contributed by atoms with van der Waals surface area (Å²) in [7, 11) is 8.71. The van der Waals surface area contributed by atoms with Crippen LogP contribution < -0.4 is 0 Å². The third-order valence-corrected chi connectivity index (χ3v) is 4.81. The van der Waals surface area contributed by atoms with E-state index in [1.807, 2.05) is 0 Å². The zero-order valence-corrected chi connectivity index (χ0v) is 16.7. The lowest BCUT2D eigenvalue weighted by Gasteiger charge is -2.22. The number of rotatable bonds is 17. The summed E-state index contributed by atoms with van der Waals surface area (Å²) in [5.74, 6) is 0. The van der Waals surface area contributed by atoms with Gasteiger partial charge in [0.2, 0.25) is 0 Å². The van der Waals surface area contributed by atoms with Crippen molar-refractivity contribution >= 4 is 0 Å². The van der Waals surface area contributed by atoms with E-state index < -0.39 is 0 Å². The van der Waals surface area contributed by atoms with E-state index in [1.54, 1.807) is 0 Å². The van der Waals surface area contributed by atoms with Gasteiger partial charge >= 0.3 is 0 Å². The molecule has 0 heterocycles. The number of nitrogens with zero attached hydrogens (tertiary/aromatic N) is 2. The van der Waals surface area contributed by atoms with E-state index in [9.17, 15) is 0 Å². The normalized spacial score (nSPS) is 13.0. The minimum Gasteiger partial charge on any atom is -0.309 e. The van der Waals surface area contributed by atoms with Crippen molar-refractivity contribution in [3.8, 4) is 0 Å². The van der Waals surface area contributed by atoms with Crippen molar-refractivity contribution in [2.24, 2.45) is 0 Å². The van der Waals surface area contributed by atoms with Gasteiger partial charge in [-0.3, -0.25) is 0 Å². The van der Waals surface area contributed by atoms with E-state index in [-0.39, 0.29) is 0 Å². The number of hydrogen-bond donors (Lipinski definition) is 0. The zero-order chi connectivity index (χ0) is 17.3. The van der Waals surface area contributed by atoms with E-state index in [4.69, 9.17) is 0 Å². The van der Waals surface area contributed by atoms with Crippen molar-refractivity contribution in [3.05, 3.63) is 12.7 Å². The van der Waals surface area contributed by atoms with Crippen molar-refractivity contribution in [2.45, 2.75) is 89.5 Å². The molecular weight excluding hydrogens is 280 g/mol. The molecule has 0 aliphatic heterocycles. The van der Waals surface area contributed by atoms with Crippen LogP contribution in [0.2, 0.25) is 0 Å². The van der Waals surface area contributed by atoms with Crippen LogP contribution in [0.15, 0.2) is 12.7 Å². The Kier molecular flexibility index (Phi) is 16.3. The summed E-state index contributed by atoms with van der Waals surface area (Å²) in [5, 5.41) is 0. The smallest absolute Gasteiger partial charge is 0.0124 e. The van der Waals surface area contributed by atoms with Gasteiger partial charge in [0.1, 0.15) is 0 Å². The van der Waals surface area contributed by atoms with Gasteiger partial charge < -0.3 is 9.80 Å². The Labute approximate surface area is 147 Å². The first-order valence-corrected chi connectivity index (χ1v) is 10.00. The molecule has 1 unspecified atom stereocenters. The lowest BCUT2D eigenvalue weighted by atomic mass is 10.0. The molecule has 23 heavy (non-hydrogen) atoms. The minimum atomic E-state index is 0.694. The zero-order valence-electron chi connectivity index (χ0n) is 16.7. The lowest BCUT2D eigenvalue weighted by molar-refractivity contribution is 0.273. The van der Waals surface area contributed by atoms with Crippen LogP contribution in [0.1, 0.15) is 83.5 Å². The third kappa shape index (κ3) is 16.3. The number of unbranched alkanes of at least 4 members (excludes halogenated alkanes) is 10. The van der Waals surface area contributed by atoms with E-state index in [2.05, 4.69) is 50.6 Å². The molecule has 0 fully saturated rings. The summed E-state index contributed by atoms with van der Waals surface area (Å²) in [6.07, 6.45) is 20.2. The first-order chi connectivity index (χ1) is 11.1. The summed E-state index contributed by atoms with van der Waals surface area (Å²) in [6.45, 7) is 5.12. The Bertz CT molecular complexity index is 248. The molecule has 2 nitrogen and oxygen atoms in total. The number of hydrogen-bond acceptors (Lipinski definition) is 2. The average Bonchev–Trinajstić information content (AvgIpc) is 2.50. The molecule has 0 amide bonds. The lowest BCUT2D eigenvalue weighted by Crippen LogP contribution is -2.27. The second kappa shape index (κ2) is 16.5. The van der Waals surface area contributed by atoms with Gasteiger partial charge in [0.15, 0.2) is 0 Å². The molecule has 0 aliphatic carbocycles. The van der Waals surface area contributed by atoms with Crippen LogP contribution in [0.5, 0.6) is 0 Å². The SMILES string of the molecule is C=CCC(CCCCCCCCCCCCCN(C)C)N(C)C. The highest BCUT2D eigenvalue weighted by atomic mass is 15.1. The molecule has 0 aromatic rings. The van der Waals surface area contributed by atoms with Gasteiger partial charge in [-0.15, -0.1) is 6.58 Å². The maximum atomic E-state index is 3.87. The Morgan fingerprint density at radius 2 is 1.13 bits per heavy atom. The standard InChI is InChI=1S/C21H44N2/c1-6-18-21(23(4)5)19-16-14-12-10-8-7-9-11-13-15-17-20-22(2)3/h6,21H,1,7-20H2,2-5H3. The Morgan fingerprint density at radius 3 is 1.52 bits per heavy atom. The highest BCUT2D eigenvalue weighted by Crippen LogP contribution is 2.15. The van der Waals surface area contributed by atoms with E-state index in [0.29, 0.717) is 6.04 Å². The molecule has 2 heteroatoms. The van der Waals surface area contributed by atoms with Crippen LogP contribution in [0.25, 0.3) is 0 Å². The van der Waals surface area contributed by atoms with Crippen LogP contribution >= 0.6 is 0 Å². The molecule has 138 valence electrons. The largest absolute Gasteiger partial charge is 0.309 e. The van der Waals surface area contributed by atoms with Gasteiger partial charge in [0, 0.05) is 6.04 Å². The quantitative estimate of drug-likeness (QED) is 0.249. The van der Waals surface area contributed by atoms with Crippen molar-refractivity contribution < 1.29 is 0 Å². The third-order valence-electron chi connectivity index (χ3n) is 4.81. The summed E-state index contributed by atoms with van der Waals surface area (Å²) in [5.41, 5.74) is 0.